The lowest BCUT2D eigenvalue weighted by molar-refractivity contribution is 0.590. The molecule has 6 nitrogen and oxygen atoms in total. The monoisotopic (exact) mass is 473 g/mol. The molecule has 2 heterocycles. The van der Waals surface area contributed by atoms with E-state index in [0.29, 0.717) is 16.4 Å². The number of hydrogen-bond donors (Lipinski definition) is 1. The van der Waals surface area contributed by atoms with Crippen molar-refractivity contribution in [1.29, 1.82) is 0 Å². The van der Waals surface area contributed by atoms with Gasteiger partial charge in [-0.1, -0.05) is 66.7 Å². The highest BCUT2D eigenvalue weighted by atomic mass is 32.2. The van der Waals surface area contributed by atoms with Gasteiger partial charge in [-0.3, -0.25) is 4.79 Å². The number of rotatable bonds is 6. The quantitative estimate of drug-likeness (QED) is 0.374. The molecule has 0 aliphatic heterocycles. The molecular weight excluding hydrogens is 454 g/mol. The zero-order valence-corrected chi connectivity index (χ0v) is 19.0. The van der Waals surface area contributed by atoms with Crippen LogP contribution in [0.2, 0.25) is 0 Å². The minimum absolute atomic E-state index is 0.124. The number of anilines is 1. The molecule has 164 valence electrons. The first-order chi connectivity index (χ1) is 16.0. The number of aromatic nitrogens is 2. The number of thiazole rings is 1. The number of sulfonamides is 1. The van der Waals surface area contributed by atoms with Gasteiger partial charge in [-0.15, -0.1) is 11.3 Å². The van der Waals surface area contributed by atoms with Crippen LogP contribution >= 0.6 is 11.3 Å². The Morgan fingerprint density at radius 3 is 2.30 bits per heavy atom. The summed E-state index contributed by atoms with van der Waals surface area (Å²) in [5.74, 6) is 0. The predicted octanol–water partition coefficient (Wildman–Crippen LogP) is 5.05. The van der Waals surface area contributed by atoms with E-state index in [1.54, 1.807) is 41.8 Å². The van der Waals surface area contributed by atoms with Crippen LogP contribution in [-0.2, 0) is 16.6 Å². The normalized spacial score (nSPS) is 11.5. The average molecular weight is 474 g/mol. The van der Waals surface area contributed by atoms with Gasteiger partial charge in [-0.25, -0.2) is 17.7 Å². The Hall–Kier alpha value is -3.75. The summed E-state index contributed by atoms with van der Waals surface area (Å²) in [4.78, 5) is 20.3. The summed E-state index contributed by atoms with van der Waals surface area (Å²) in [5, 5.41) is 2.89. The van der Waals surface area contributed by atoms with E-state index in [1.807, 2.05) is 54.6 Å². The van der Waals surface area contributed by atoms with Crippen LogP contribution in [0.15, 0.2) is 106 Å². The fraction of sp³-hybridized carbons (Fsp3) is 0.0400. The van der Waals surface area contributed by atoms with Crippen LogP contribution < -0.4 is 9.86 Å². The molecule has 0 bridgehead atoms. The number of benzene rings is 3. The van der Waals surface area contributed by atoms with Crippen molar-refractivity contribution in [1.82, 2.24) is 9.97 Å². The minimum atomic E-state index is -3.87. The molecule has 0 unspecified atom stereocenters. The summed E-state index contributed by atoms with van der Waals surface area (Å²) in [6.45, 7) is 0.124. The van der Waals surface area contributed by atoms with Gasteiger partial charge in [0.05, 0.1) is 22.7 Å². The molecule has 33 heavy (non-hydrogen) atoms. The molecule has 8 heteroatoms. The van der Waals surface area contributed by atoms with E-state index >= 15 is 0 Å². The molecule has 5 aromatic rings. The zero-order valence-electron chi connectivity index (χ0n) is 17.4. The second kappa shape index (κ2) is 8.65. The molecule has 0 saturated heterocycles. The summed E-state index contributed by atoms with van der Waals surface area (Å²) in [5.41, 5.74) is 2.12. The first-order valence-electron chi connectivity index (χ1n) is 10.2. The molecular formula is C25H19N3O3S2. The van der Waals surface area contributed by atoms with Crippen molar-refractivity contribution in [3.63, 3.8) is 0 Å². The molecule has 0 saturated carbocycles. The Labute approximate surface area is 194 Å². The summed E-state index contributed by atoms with van der Waals surface area (Å²) < 4.78 is 28.4. The first kappa shape index (κ1) is 21.1. The highest BCUT2D eigenvalue weighted by Gasteiger charge is 2.28. The molecule has 0 spiro atoms. The van der Waals surface area contributed by atoms with Crippen LogP contribution in [0.5, 0.6) is 0 Å². The summed E-state index contributed by atoms with van der Waals surface area (Å²) >= 11 is 1.19. The maximum atomic E-state index is 13.5. The SMILES string of the molecule is O=c1[nH]c2ccccc2cc1-c1csc(N(Cc2ccccc2)S(=O)(=O)c2ccccc2)n1. The van der Waals surface area contributed by atoms with Gasteiger partial charge in [0, 0.05) is 10.9 Å². The van der Waals surface area contributed by atoms with Crippen LogP contribution in [0.4, 0.5) is 5.13 Å². The second-order valence-corrected chi connectivity index (χ2v) is 10.1. The molecule has 0 fully saturated rings. The number of nitrogens with one attached hydrogen (secondary N) is 1. The highest BCUT2D eigenvalue weighted by molar-refractivity contribution is 7.93. The fourth-order valence-corrected chi connectivity index (χ4v) is 6.04. The Bertz CT molecular complexity index is 1580. The molecule has 0 aliphatic rings. The van der Waals surface area contributed by atoms with Crippen LogP contribution in [0.1, 0.15) is 5.56 Å². The molecule has 0 amide bonds. The van der Waals surface area contributed by atoms with Crippen molar-refractivity contribution in [2.75, 3.05) is 4.31 Å². The van der Waals surface area contributed by atoms with E-state index in [1.165, 1.54) is 15.6 Å². The third kappa shape index (κ3) is 4.18. The molecule has 0 aliphatic carbocycles. The van der Waals surface area contributed by atoms with Gasteiger partial charge in [0.1, 0.15) is 0 Å². The third-order valence-electron chi connectivity index (χ3n) is 5.24. The Morgan fingerprint density at radius 2 is 1.55 bits per heavy atom. The van der Waals surface area contributed by atoms with Crippen molar-refractivity contribution in [2.24, 2.45) is 0 Å². The fourth-order valence-electron chi connectivity index (χ4n) is 3.56. The van der Waals surface area contributed by atoms with Gasteiger partial charge < -0.3 is 4.98 Å². The van der Waals surface area contributed by atoms with Crippen molar-refractivity contribution in [3.05, 3.63) is 112 Å². The number of hydrogen-bond acceptors (Lipinski definition) is 5. The van der Waals surface area contributed by atoms with Gasteiger partial charge in [0.25, 0.3) is 15.6 Å². The molecule has 5 rings (SSSR count). The minimum Gasteiger partial charge on any atom is -0.321 e. The number of nitrogens with zero attached hydrogens (tertiary/aromatic N) is 2. The number of fused-ring (bicyclic) bond motifs is 1. The van der Waals surface area contributed by atoms with Crippen LogP contribution in [0, 0.1) is 0 Å². The summed E-state index contributed by atoms with van der Waals surface area (Å²) in [7, 11) is -3.87. The van der Waals surface area contributed by atoms with E-state index < -0.39 is 10.0 Å². The summed E-state index contributed by atoms with van der Waals surface area (Å²) in [6.07, 6.45) is 0. The van der Waals surface area contributed by atoms with Crippen LogP contribution in [-0.4, -0.2) is 18.4 Å². The topological polar surface area (TPSA) is 83.1 Å². The van der Waals surface area contributed by atoms with E-state index in [-0.39, 0.29) is 17.0 Å². The lowest BCUT2D eigenvalue weighted by Crippen LogP contribution is -2.30. The van der Waals surface area contributed by atoms with Gasteiger partial charge >= 0.3 is 0 Å². The van der Waals surface area contributed by atoms with Crippen molar-refractivity contribution in [3.8, 4) is 11.3 Å². The van der Waals surface area contributed by atoms with Gasteiger partial charge in [-0.2, -0.15) is 0 Å². The number of para-hydroxylation sites is 1. The standard InChI is InChI=1S/C25H19N3O3S2/c29-24-21(15-19-11-7-8-14-22(19)26-24)23-17-32-25(27-23)28(16-18-9-3-1-4-10-18)33(30,31)20-12-5-2-6-13-20/h1-15,17H,16H2,(H,26,29). The van der Waals surface area contributed by atoms with E-state index in [0.717, 1.165) is 16.5 Å². The maximum absolute atomic E-state index is 13.5. The Kier molecular flexibility index (Phi) is 5.53. The van der Waals surface area contributed by atoms with Gasteiger partial charge in [0.15, 0.2) is 5.13 Å². The van der Waals surface area contributed by atoms with Gasteiger partial charge in [0.2, 0.25) is 0 Å². The molecule has 2 aromatic heterocycles. The van der Waals surface area contributed by atoms with Crippen LogP contribution in [0.25, 0.3) is 22.2 Å². The lowest BCUT2D eigenvalue weighted by atomic mass is 10.1. The maximum Gasteiger partial charge on any atom is 0.266 e. The van der Waals surface area contributed by atoms with Crippen LogP contribution in [0.3, 0.4) is 0 Å². The Balaban J connectivity index is 1.60. The molecule has 0 radical (unpaired) electrons. The average Bonchev–Trinajstić information content (AvgIpc) is 3.32. The molecule has 1 N–H and O–H groups in total. The van der Waals surface area contributed by atoms with E-state index in [4.69, 9.17) is 0 Å². The first-order valence-corrected chi connectivity index (χ1v) is 12.5. The molecule has 3 aromatic carbocycles. The number of aromatic amines is 1. The number of pyridine rings is 1. The van der Waals surface area contributed by atoms with E-state index in [9.17, 15) is 13.2 Å². The van der Waals surface area contributed by atoms with E-state index in [2.05, 4.69) is 9.97 Å². The highest BCUT2D eigenvalue weighted by Crippen LogP contribution is 2.32. The van der Waals surface area contributed by atoms with Crippen molar-refractivity contribution < 1.29 is 8.42 Å². The zero-order chi connectivity index (χ0) is 22.8. The number of H-pyrrole nitrogens is 1. The summed E-state index contributed by atoms with van der Waals surface area (Å²) in [6, 6.07) is 26.9. The smallest absolute Gasteiger partial charge is 0.266 e. The predicted molar refractivity (Wildman–Crippen MR) is 132 cm³/mol. The molecule has 0 atom stereocenters. The van der Waals surface area contributed by atoms with Crippen molar-refractivity contribution >= 4 is 37.4 Å². The third-order valence-corrected chi connectivity index (χ3v) is 7.96. The van der Waals surface area contributed by atoms with Gasteiger partial charge in [-0.05, 0) is 35.2 Å². The lowest BCUT2D eigenvalue weighted by Gasteiger charge is -2.22. The second-order valence-electron chi connectivity index (χ2n) is 7.43. The van der Waals surface area contributed by atoms with Crippen molar-refractivity contribution in [2.45, 2.75) is 11.4 Å². The largest absolute Gasteiger partial charge is 0.321 e. The Morgan fingerprint density at radius 1 is 0.879 bits per heavy atom.